The van der Waals surface area contributed by atoms with E-state index in [4.69, 9.17) is 19.7 Å². The van der Waals surface area contributed by atoms with Crippen molar-refractivity contribution in [1.29, 1.82) is 0 Å². The summed E-state index contributed by atoms with van der Waals surface area (Å²) in [5.41, 5.74) is 13.0. The number of para-hydroxylation sites is 4. The van der Waals surface area contributed by atoms with Crippen molar-refractivity contribution in [3.63, 3.8) is 0 Å². The summed E-state index contributed by atoms with van der Waals surface area (Å²) in [6.07, 6.45) is 0. The molecule has 0 unspecified atom stereocenters. The molecule has 2 aliphatic heterocycles. The fourth-order valence-corrected chi connectivity index (χ4v) is 10.3. The summed E-state index contributed by atoms with van der Waals surface area (Å²) in [4.78, 5) is 20.3. The quantitative estimate of drug-likeness (QED) is 0.178. The number of ether oxygens (including phenoxy) is 1. The second-order valence-electron chi connectivity index (χ2n) is 14.7. The third-order valence-electron chi connectivity index (χ3n) is 11.6. The number of fused-ring (bicyclic) bond motifs is 11. The molecule has 0 atom stereocenters. The lowest BCUT2D eigenvalue weighted by molar-refractivity contribution is 0.477. The van der Waals surface area contributed by atoms with Gasteiger partial charge < -0.3 is 9.64 Å². The monoisotopic (exact) mass is 760 g/mol. The van der Waals surface area contributed by atoms with Crippen molar-refractivity contribution in [2.75, 3.05) is 4.90 Å². The maximum atomic E-state index is 6.28. The molecule has 12 rings (SSSR count). The SMILES string of the molecule is c1ccc(-c2nc(-c3ccc(N4c5ccccc5Oc5ccccc54)cc3)nc(-c3ccc4c(c3)C3(c5ccccc5S4)c4ccccc4-c4ccccc43)n2)cc1. The first-order chi connectivity index (χ1) is 28.7. The predicted octanol–water partition coefficient (Wildman–Crippen LogP) is 13.3. The Balaban J connectivity index is 1.02. The lowest BCUT2D eigenvalue weighted by Crippen LogP contribution is -2.32. The Morgan fingerprint density at radius 3 is 1.53 bits per heavy atom. The van der Waals surface area contributed by atoms with Crippen LogP contribution in [0.15, 0.2) is 204 Å². The Morgan fingerprint density at radius 1 is 0.397 bits per heavy atom. The van der Waals surface area contributed by atoms with Gasteiger partial charge in [0.2, 0.25) is 0 Å². The molecule has 0 fully saturated rings. The van der Waals surface area contributed by atoms with Crippen LogP contribution in [0.4, 0.5) is 17.1 Å². The Labute approximate surface area is 340 Å². The minimum Gasteiger partial charge on any atom is -0.453 e. The molecule has 3 aliphatic rings. The number of nitrogens with zero attached hydrogens (tertiary/aromatic N) is 4. The van der Waals surface area contributed by atoms with E-state index in [-0.39, 0.29) is 0 Å². The first kappa shape index (κ1) is 32.9. The molecule has 0 saturated carbocycles. The molecule has 9 aromatic rings. The fourth-order valence-electron chi connectivity index (χ4n) is 9.09. The van der Waals surface area contributed by atoms with E-state index in [1.165, 1.54) is 43.2 Å². The maximum absolute atomic E-state index is 6.28. The van der Waals surface area contributed by atoms with Gasteiger partial charge in [0.1, 0.15) is 0 Å². The maximum Gasteiger partial charge on any atom is 0.164 e. The minimum absolute atomic E-state index is 0.495. The summed E-state index contributed by atoms with van der Waals surface area (Å²) in [7, 11) is 0. The van der Waals surface area contributed by atoms with Crippen LogP contribution in [0.3, 0.4) is 0 Å². The third kappa shape index (κ3) is 4.88. The van der Waals surface area contributed by atoms with Gasteiger partial charge in [-0.25, -0.2) is 15.0 Å². The van der Waals surface area contributed by atoms with E-state index in [9.17, 15) is 0 Å². The van der Waals surface area contributed by atoms with Crippen molar-refractivity contribution in [1.82, 2.24) is 15.0 Å². The van der Waals surface area contributed by atoms with E-state index in [1.54, 1.807) is 0 Å². The molecule has 0 radical (unpaired) electrons. The van der Waals surface area contributed by atoms with Gasteiger partial charge in [0.15, 0.2) is 29.0 Å². The van der Waals surface area contributed by atoms with Crippen LogP contribution in [0.1, 0.15) is 22.3 Å². The number of rotatable bonds is 4. The highest BCUT2D eigenvalue weighted by molar-refractivity contribution is 7.99. The third-order valence-corrected chi connectivity index (χ3v) is 12.7. The molecule has 1 aromatic heterocycles. The molecule has 0 N–H and O–H groups in total. The Bertz CT molecular complexity index is 3000. The largest absolute Gasteiger partial charge is 0.453 e. The van der Waals surface area contributed by atoms with E-state index < -0.39 is 5.41 Å². The molecular formula is C52H32N4OS. The Kier molecular flexibility index (Phi) is 7.31. The van der Waals surface area contributed by atoms with Crippen LogP contribution in [-0.2, 0) is 5.41 Å². The Morgan fingerprint density at radius 2 is 0.879 bits per heavy atom. The van der Waals surface area contributed by atoms with Crippen LogP contribution in [0.5, 0.6) is 11.5 Å². The normalized spacial score (nSPS) is 13.7. The minimum atomic E-state index is -0.495. The molecule has 5 nitrogen and oxygen atoms in total. The number of hydrogen-bond donors (Lipinski definition) is 0. The van der Waals surface area contributed by atoms with E-state index in [1.807, 2.05) is 66.4 Å². The fraction of sp³-hybridized carbons (Fsp3) is 0.0192. The zero-order chi connectivity index (χ0) is 38.2. The lowest BCUT2D eigenvalue weighted by atomic mass is 9.67. The number of aromatic nitrogens is 3. The summed E-state index contributed by atoms with van der Waals surface area (Å²) in [6, 6.07) is 68.4. The summed E-state index contributed by atoms with van der Waals surface area (Å²) in [6.45, 7) is 0. The molecule has 58 heavy (non-hydrogen) atoms. The molecular weight excluding hydrogens is 729 g/mol. The van der Waals surface area contributed by atoms with Crippen molar-refractivity contribution < 1.29 is 4.74 Å². The molecule has 3 heterocycles. The van der Waals surface area contributed by atoms with Gasteiger partial charge in [-0.1, -0.05) is 139 Å². The van der Waals surface area contributed by atoms with Gasteiger partial charge in [-0.05, 0) is 100 Å². The predicted molar refractivity (Wildman–Crippen MR) is 232 cm³/mol. The molecule has 0 bridgehead atoms. The topological polar surface area (TPSA) is 51.1 Å². The van der Waals surface area contributed by atoms with Crippen LogP contribution in [0.2, 0.25) is 0 Å². The zero-order valence-electron chi connectivity index (χ0n) is 31.1. The van der Waals surface area contributed by atoms with Crippen molar-refractivity contribution >= 4 is 28.8 Å². The zero-order valence-corrected chi connectivity index (χ0v) is 31.9. The average Bonchev–Trinajstić information content (AvgIpc) is 3.59. The van der Waals surface area contributed by atoms with Gasteiger partial charge in [-0.3, -0.25) is 0 Å². The smallest absolute Gasteiger partial charge is 0.164 e. The summed E-state index contributed by atoms with van der Waals surface area (Å²) in [5.74, 6) is 3.51. The first-order valence-corrected chi connectivity index (χ1v) is 20.3. The summed E-state index contributed by atoms with van der Waals surface area (Å²) >= 11 is 1.84. The van der Waals surface area contributed by atoms with Gasteiger partial charge in [0, 0.05) is 32.2 Å². The van der Waals surface area contributed by atoms with Gasteiger partial charge >= 0.3 is 0 Å². The van der Waals surface area contributed by atoms with Crippen LogP contribution in [0, 0.1) is 0 Å². The average molecular weight is 761 g/mol. The number of benzene rings is 8. The van der Waals surface area contributed by atoms with Crippen molar-refractivity contribution in [2.45, 2.75) is 15.2 Å². The van der Waals surface area contributed by atoms with Crippen LogP contribution < -0.4 is 9.64 Å². The van der Waals surface area contributed by atoms with Crippen molar-refractivity contribution in [2.24, 2.45) is 0 Å². The first-order valence-electron chi connectivity index (χ1n) is 19.4. The van der Waals surface area contributed by atoms with Gasteiger partial charge in [0.25, 0.3) is 0 Å². The lowest BCUT2D eigenvalue weighted by Gasteiger charge is -2.39. The van der Waals surface area contributed by atoms with E-state index in [0.29, 0.717) is 17.5 Å². The highest BCUT2D eigenvalue weighted by Gasteiger charge is 2.50. The van der Waals surface area contributed by atoms with Crippen LogP contribution in [0.25, 0.3) is 45.3 Å². The van der Waals surface area contributed by atoms with E-state index in [2.05, 4.69) is 144 Å². The van der Waals surface area contributed by atoms with Crippen LogP contribution >= 0.6 is 11.8 Å². The van der Waals surface area contributed by atoms with Crippen molar-refractivity contribution in [3.05, 3.63) is 216 Å². The van der Waals surface area contributed by atoms with Crippen LogP contribution in [-0.4, -0.2) is 15.0 Å². The number of anilines is 3. The standard InChI is InChI=1S/C52H32N4OS/c1-2-14-33(15-3-1)49-53-50(34-26-29-36(30-27-34)56-43-21-9-11-23-45(43)57-46-24-12-10-22-44(46)56)55-51(54-49)35-28-31-48-42(32-35)52(41-20-8-13-25-47(41)58-48)39-18-6-4-16-37(39)38-17-5-7-19-40(38)52/h1-32H. The molecule has 0 amide bonds. The van der Waals surface area contributed by atoms with E-state index >= 15 is 0 Å². The molecule has 0 saturated heterocycles. The highest BCUT2D eigenvalue weighted by atomic mass is 32.2. The summed E-state index contributed by atoms with van der Waals surface area (Å²) in [5, 5.41) is 0. The van der Waals surface area contributed by atoms with Gasteiger partial charge in [0.05, 0.1) is 16.8 Å². The van der Waals surface area contributed by atoms with Crippen molar-refractivity contribution in [3.8, 4) is 56.8 Å². The molecule has 1 aliphatic carbocycles. The van der Waals surface area contributed by atoms with E-state index in [0.717, 1.165) is 45.3 Å². The number of hydrogen-bond acceptors (Lipinski definition) is 6. The molecule has 272 valence electrons. The summed E-state index contributed by atoms with van der Waals surface area (Å²) < 4.78 is 6.28. The highest BCUT2D eigenvalue weighted by Crippen LogP contribution is 2.62. The van der Waals surface area contributed by atoms with Gasteiger partial charge in [-0.2, -0.15) is 0 Å². The Hall–Kier alpha value is -7.28. The molecule has 1 spiro atoms. The second-order valence-corrected chi connectivity index (χ2v) is 15.8. The second kappa shape index (κ2) is 12.9. The van der Waals surface area contributed by atoms with Gasteiger partial charge in [-0.15, -0.1) is 0 Å². The molecule has 8 aromatic carbocycles. The molecule has 6 heteroatoms.